The highest BCUT2D eigenvalue weighted by Gasteiger charge is 2.44. The standard InChI is InChI=1S/C16H11F3N4O3/c1-25-15(24)8-4-2-7(3-5-8)10-9(6-20)13(21)26-14-11(10)12(22-23-14)16(17,18)19/h2-5,10H,21H2,1H3,(H,22,23). The summed E-state index contributed by atoms with van der Waals surface area (Å²) in [6, 6.07) is 7.40. The van der Waals surface area contributed by atoms with Gasteiger partial charge in [-0.05, 0) is 17.7 Å². The first-order valence-electron chi connectivity index (χ1n) is 7.19. The lowest BCUT2D eigenvalue weighted by Gasteiger charge is -2.24. The Labute approximate surface area is 144 Å². The molecule has 0 saturated heterocycles. The number of benzene rings is 1. The molecule has 1 aliphatic heterocycles. The molecule has 0 radical (unpaired) electrons. The first kappa shape index (κ1) is 17.3. The minimum Gasteiger partial charge on any atom is -0.465 e. The van der Waals surface area contributed by atoms with Gasteiger partial charge in [-0.2, -0.15) is 18.4 Å². The molecular formula is C16H11F3N4O3. The fraction of sp³-hybridized carbons (Fsp3) is 0.188. The van der Waals surface area contributed by atoms with E-state index in [0.717, 1.165) is 0 Å². The van der Waals surface area contributed by atoms with Gasteiger partial charge in [0.1, 0.15) is 17.3 Å². The molecule has 1 aromatic heterocycles. The predicted molar refractivity (Wildman–Crippen MR) is 80.7 cm³/mol. The topological polar surface area (TPSA) is 114 Å². The third-order valence-electron chi connectivity index (χ3n) is 3.89. The van der Waals surface area contributed by atoms with E-state index in [9.17, 15) is 23.2 Å². The highest BCUT2D eigenvalue weighted by Crippen LogP contribution is 2.46. The van der Waals surface area contributed by atoms with Gasteiger partial charge in [0.2, 0.25) is 11.8 Å². The lowest BCUT2D eigenvalue weighted by Crippen LogP contribution is -2.23. The Morgan fingerprint density at radius 2 is 2.04 bits per heavy atom. The van der Waals surface area contributed by atoms with Crippen LogP contribution in [0.1, 0.15) is 33.1 Å². The molecule has 0 amide bonds. The highest BCUT2D eigenvalue weighted by atomic mass is 19.4. The molecule has 1 aromatic carbocycles. The summed E-state index contributed by atoms with van der Waals surface area (Å²) in [5.74, 6) is -2.43. The van der Waals surface area contributed by atoms with Gasteiger partial charge in [0.15, 0.2) is 0 Å². The maximum absolute atomic E-state index is 13.3. The number of nitriles is 1. The molecule has 0 spiro atoms. The quantitative estimate of drug-likeness (QED) is 0.791. The van der Waals surface area contributed by atoms with Gasteiger partial charge in [-0.1, -0.05) is 12.1 Å². The summed E-state index contributed by atoms with van der Waals surface area (Å²) in [5, 5.41) is 14.8. The Kier molecular flexibility index (Phi) is 4.07. The second kappa shape index (κ2) is 6.11. The lowest BCUT2D eigenvalue weighted by molar-refractivity contribution is -0.141. The summed E-state index contributed by atoms with van der Waals surface area (Å²) in [6.07, 6.45) is -4.74. The number of allylic oxidation sites excluding steroid dienone is 1. The zero-order valence-corrected chi connectivity index (χ0v) is 13.2. The van der Waals surface area contributed by atoms with E-state index in [-0.39, 0.29) is 28.5 Å². The fourth-order valence-corrected chi connectivity index (χ4v) is 2.72. The van der Waals surface area contributed by atoms with Crippen LogP contribution < -0.4 is 10.5 Å². The van der Waals surface area contributed by atoms with Crippen molar-refractivity contribution in [3.8, 4) is 11.9 Å². The summed E-state index contributed by atoms with van der Waals surface area (Å²) >= 11 is 0. The maximum Gasteiger partial charge on any atom is 0.433 e. The van der Waals surface area contributed by atoms with Gasteiger partial charge in [-0.15, -0.1) is 5.10 Å². The van der Waals surface area contributed by atoms with Gasteiger partial charge in [-0.3, -0.25) is 5.10 Å². The number of aromatic nitrogens is 2. The van der Waals surface area contributed by atoms with Crippen molar-refractivity contribution in [2.75, 3.05) is 7.11 Å². The summed E-state index contributed by atoms with van der Waals surface area (Å²) in [6.45, 7) is 0. The van der Waals surface area contributed by atoms with E-state index in [1.807, 2.05) is 5.10 Å². The molecule has 3 rings (SSSR count). The molecule has 0 saturated carbocycles. The monoisotopic (exact) mass is 364 g/mol. The van der Waals surface area contributed by atoms with E-state index in [1.54, 1.807) is 6.07 Å². The molecule has 10 heteroatoms. The van der Waals surface area contributed by atoms with Gasteiger partial charge in [0.05, 0.1) is 24.2 Å². The zero-order valence-electron chi connectivity index (χ0n) is 13.2. The Balaban J connectivity index is 2.18. The molecule has 0 fully saturated rings. The van der Waals surface area contributed by atoms with Gasteiger partial charge < -0.3 is 15.2 Å². The van der Waals surface area contributed by atoms with Crippen molar-refractivity contribution in [2.24, 2.45) is 5.73 Å². The highest BCUT2D eigenvalue weighted by molar-refractivity contribution is 5.89. The van der Waals surface area contributed by atoms with E-state index in [2.05, 4.69) is 9.84 Å². The smallest absolute Gasteiger partial charge is 0.433 e. The third-order valence-corrected chi connectivity index (χ3v) is 3.89. The number of alkyl halides is 3. The van der Waals surface area contributed by atoms with Crippen molar-refractivity contribution in [1.29, 1.82) is 5.26 Å². The third kappa shape index (κ3) is 2.73. The number of fused-ring (bicyclic) bond motifs is 1. The molecule has 3 N–H and O–H groups in total. The number of halogens is 3. The number of nitrogens with one attached hydrogen (secondary N) is 1. The molecule has 1 atom stereocenters. The van der Waals surface area contributed by atoms with Crippen molar-refractivity contribution >= 4 is 5.97 Å². The normalized spacial score (nSPS) is 16.5. The number of nitrogens with zero attached hydrogens (tertiary/aromatic N) is 2. The second-order valence-corrected chi connectivity index (χ2v) is 5.35. The number of H-pyrrole nitrogens is 1. The van der Waals surface area contributed by atoms with Gasteiger partial charge in [-0.25, -0.2) is 4.79 Å². The number of ether oxygens (including phenoxy) is 2. The van der Waals surface area contributed by atoms with Gasteiger partial charge >= 0.3 is 12.1 Å². The number of carbonyl (C=O) groups excluding carboxylic acids is 1. The van der Waals surface area contributed by atoms with Crippen molar-refractivity contribution in [2.45, 2.75) is 12.1 Å². The largest absolute Gasteiger partial charge is 0.465 e. The first-order chi connectivity index (χ1) is 12.3. The van der Waals surface area contributed by atoms with E-state index in [4.69, 9.17) is 10.5 Å². The molecule has 26 heavy (non-hydrogen) atoms. The van der Waals surface area contributed by atoms with Crippen LogP contribution in [0.4, 0.5) is 13.2 Å². The van der Waals surface area contributed by atoms with E-state index >= 15 is 0 Å². The molecule has 7 nitrogen and oxygen atoms in total. The molecule has 2 heterocycles. The summed E-state index contributed by atoms with van der Waals surface area (Å²) in [5.41, 5.74) is 4.55. The van der Waals surface area contributed by atoms with Crippen molar-refractivity contribution in [1.82, 2.24) is 10.2 Å². The maximum atomic E-state index is 13.3. The van der Waals surface area contributed by atoms with Gasteiger partial charge in [0.25, 0.3) is 0 Å². The van der Waals surface area contributed by atoms with Crippen LogP contribution in [0, 0.1) is 11.3 Å². The number of esters is 1. The molecule has 1 unspecified atom stereocenters. The Hall–Kier alpha value is -3.48. The SMILES string of the molecule is COC(=O)c1ccc(C2C(C#N)=C(N)Oc3n[nH]c(C(F)(F)F)c32)cc1. The number of methoxy groups -OCH3 is 1. The van der Waals surface area contributed by atoms with Crippen molar-refractivity contribution in [3.63, 3.8) is 0 Å². The fourth-order valence-electron chi connectivity index (χ4n) is 2.72. The summed E-state index contributed by atoms with van der Waals surface area (Å²) in [4.78, 5) is 11.5. The number of hydrogen-bond acceptors (Lipinski definition) is 6. The molecule has 0 aliphatic carbocycles. The van der Waals surface area contributed by atoms with Crippen LogP contribution >= 0.6 is 0 Å². The minimum absolute atomic E-state index is 0.185. The van der Waals surface area contributed by atoms with Crippen molar-refractivity contribution in [3.05, 3.63) is 58.1 Å². The summed E-state index contributed by atoms with van der Waals surface area (Å²) in [7, 11) is 1.21. The lowest BCUT2D eigenvalue weighted by atomic mass is 9.83. The first-order valence-corrected chi connectivity index (χ1v) is 7.19. The van der Waals surface area contributed by atoms with Crippen LogP contribution in [-0.4, -0.2) is 23.3 Å². The minimum atomic E-state index is -4.74. The van der Waals surface area contributed by atoms with Crippen LogP contribution in [0.5, 0.6) is 5.88 Å². The van der Waals surface area contributed by atoms with Crippen LogP contribution in [0.15, 0.2) is 35.7 Å². The number of nitrogens with two attached hydrogens (primary N) is 1. The van der Waals surface area contributed by atoms with E-state index in [0.29, 0.717) is 5.56 Å². The summed E-state index contributed by atoms with van der Waals surface area (Å²) < 4.78 is 49.6. The Bertz CT molecular complexity index is 939. The molecule has 0 bridgehead atoms. The number of aromatic amines is 1. The average Bonchev–Trinajstić information content (AvgIpc) is 3.03. The van der Waals surface area contributed by atoms with Crippen LogP contribution in [0.2, 0.25) is 0 Å². The van der Waals surface area contributed by atoms with E-state index in [1.165, 1.54) is 31.4 Å². The zero-order chi connectivity index (χ0) is 19.1. The number of carbonyl (C=O) groups is 1. The average molecular weight is 364 g/mol. The Morgan fingerprint density at radius 1 is 1.38 bits per heavy atom. The molecule has 134 valence electrons. The number of hydrogen-bond donors (Lipinski definition) is 2. The van der Waals surface area contributed by atoms with Crippen molar-refractivity contribution < 1.29 is 27.4 Å². The van der Waals surface area contributed by atoms with Crippen LogP contribution in [0.25, 0.3) is 0 Å². The van der Waals surface area contributed by atoms with Crippen LogP contribution in [-0.2, 0) is 10.9 Å². The molecule has 2 aromatic rings. The second-order valence-electron chi connectivity index (χ2n) is 5.35. The Morgan fingerprint density at radius 3 is 2.58 bits per heavy atom. The predicted octanol–water partition coefficient (Wildman–Crippen LogP) is 2.43. The molecular weight excluding hydrogens is 353 g/mol. The van der Waals surface area contributed by atoms with E-state index < -0.39 is 23.8 Å². The van der Waals surface area contributed by atoms with Gasteiger partial charge in [0, 0.05) is 0 Å². The van der Waals surface area contributed by atoms with Crippen LogP contribution in [0.3, 0.4) is 0 Å². The number of rotatable bonds is 2. The molecule has 1 aliphatic rings.